The smallest absolute Gasteiger partial charge is 0.307 e. The van der Waals surface area contributed by atoms with E-state index >= 15 is 0 Å². The number of carboxylic acids is 1. The van der Waals surface area contributed by atoms with E-state index in [1.165, 1.54) is 0 Å². The predicted molar refractivity (Wildman–Crippen MR) is 76.4 cm³/mol. The Bertz CT molecular complexity index is 372. The second-order valence-corrected chi connectivity index (χ2v) is 6.10. The van der Waals surface area contributed by atoms with Crippen molar-refractivity contribution in [3.05, 3.63) is 0 Å². The molecule has 0 aromatic heterocycles. The first-order valence-electron chi connectivity index (χ1n) is 7.80. The summed E-state index contributed by atoms with van der Waals surface area (Å²) in [4.78, 5) is 28.2. The van der Waals surface area contributed by atoms with Gasteiger partial charge in [0.05, 0.1) is 11.8 Å². The lowest BCUT2D eigenvalue weighted by Crippen LogP contribution is -2.55. The third-order valence-electron chi connectivity index (χ3n) is 4.88. The highest BCUT2D eigenvalue weighted by molar-refractivity contribution is 5.85. The number of nitrogens with zero attached hydrogens (tertiary/aromatic N) is 2. The minimum absolute atomic E-state index is 0.0692. The first-order chi connectivity index (χ1) is 9.54. The lowest BCUT2D eigenvalue weighted by molar-refractivity contribution is -0.153. The molecule has 0 radical (unpaired) electrons. The van der Waals surface area contributed by atoms with Gasteiger partial charge in [-0.1, -0.05) is 19.8 Å². The summed E-state index contributed by atoms with van der Waals surface area (Å²) in [7, 11) is 0. The van der Waals surface area contributed by atoms with E-state index in [4.69, 9.17) is 0 Å². The van der Waals surface area contributed by atoms with Crippen LogP contribution in [0.25, 0.3) is 0 Å². The van der Waals surface area contributed by atoms with Gasteiger partial charge in [-0.25, -0.2) is 0 Å². The van der Waals surface area contributed by atoms with Crippen molar-refractivity contribution in [2.24, 2.45) is 11.8 Å². The Morgan fingerprint density at radius 1 is 1.15 bits per heavy atom. The van der Waals surface area contributed by atoms with Crippen molar-refractivity contribution < 1.29 is 14.7 Å². The molecule has 1 saturated carbocycles. The molecule has 1 aliphatic heterocycles. The van der Waals surface area contributed by atoms with E-state index in [1.54, 1.807) is 0 Å². The van der Waals surface area contributed by atoms with Gasteiger partial charge in [0.2, 0.25) is 5.91 Å². The standard InChI is InChI=1S/C15H26N2O3/c1-3-16-8-9-17(10-11(16)2)14(18)12-6-4-5-7-13(12)15(19)20/h11-13H,3-10H2,1-2H3,(H,19,20). The lowest BCUT2D eigenvalue weighted by Gasteiger charge is -2.41. The first kappa shape index (κ1) is 15.3. The molecule has 1 aliphatic carbocycles. The van der Waals surface area contributed by atoms with E-state index in [-0.39, 0.29) is 11.8 Å². The number of aliphatic carboxylic acids is 1. The van der Waals surface area contributed by atoms with Crippen molar-refractivity contribution in [3.63, 3.8) is 0 Å². The van der Waals surface area contributed by atoms with Gasteiger partial charge < -0.3 is 10.0 Å². The monoisotopic (exact) mass is 282 g/mol. The Hall–Kier alpha value is -1.10. The van der Waals surface area contributed by atoms with Crippen LogP contribution in [0.5, 0.6) is 0 Å². The highest BCUT2D eigenvalue weighted by atomic mass is 16.4. The van der Waals surface area contributed by atoms with Crippen LogP contribution in [0.2, 0.25) is 0 Å². The van der Waals surface area contributed by atoms with Crippen LogP contribution in [0.1, 0.15) is 39.5 Å². The molecule has 2 aliphatic rings. The van der Waals surface area contributed by atoms with Crippen LogP contribution in [-0.4, -0.2) is 59.0 Å². The summed E-state index contributed by atoms with van der Waals surface area (Å²) in [6.45, 7) is 7.64. The molecule has 1 N–H and O–H groups in total. The Balaban J connectivity index is 2.01. The highest BCUT2D eigenvalue weighted by Crippen LogP contribution is 2.32. The molecule has 2 fully saturated rings. The molecule has 0 aromatic rings. The Morgan fingerprint density at radius 2 is 1.80 bits per heavy atom. The maximum atomic E-state index is 12.7. The van der Waals surface area contributed by atoms with E-state index in [2.05, 4.69) is 18.7 Å². The summed E-state index contributed by atoms with van der Waals surface area (Å²) < 4.78 is 0. The van der Waals surface area contributed by atoms with Gasteiger partial charge in [0.15, 0.2) is 0 Å². The summed E-state index contributed by atoms with van der Waals surface area (Å²) in [6.07, 6.45) is 3.29. The first-order valence-corrected chi connectivity index (χ1v) is 7.80. The van der Waals surface area contributed by atoms with Crippen LogP contribution in [0.15, 0.2) is 0 Å². The molecule has 0 aromatic carbocycles. The topological polar surface area (TPSA) is 60.9 Å². The maximum absolute atomic E-state index is 12.7. The molecular weight excluding hydrogens is 256 g/mol. The van der Waals surface area contributed by atoms with Crippen LogP contribution < -0.4 is 0 Å². The van der Waals surface area contributed by atoms with E-state index in [9.17, 15) is 14.7 Å². The SMILES string of the molecule is CCN1CCN(C(=O)C2CCCCC2C(=O)O)CC1C. The van der Waals surface area contributed by atoms with Gasteiger partial charge in [0.1, 0.15) is 0 Å². The van der Waals surface area contributed by atoms with Crippen molar-refractivity contribution in [2.75, 3.05) is 26.2 Å². The number of carbonyl (C=O) groups excluding carboxylic acids is 1. The van der Waals surface area contributed by atoms with E-state index in [0.717, 1.165) is 45.4 Å². The average molecular weight is 282 g/mol. The lowest BCUT2D eigenvalue weighted by atomic mass is 9.78. The van der Waals surface area contributed by atoms with Gasteiger partial charge in [-0.3, -0.25) is 14.5 Å². The third-order valence-corrected chi connectivity index (χ3v) is 4.88. The molecule has 0 bridgehead atoms. The zero-order chi connectivity index (χ0) is 14.7. The minimum atomic E-state index is -0.803. The molecule has 1 heterocycles. The number of carboxylic acid groups (broad SMARTS) is 1. The van der Waals surface area contributed by atoms with Crippen LogP contribution in [0.3, 0.4) is 0 Å². The molecule has 5 heteroatoms. The van der Waals surface area contributed by atoms with Crippen LogP contribution >= 0.6 is 0 Å². The molecule has 1 amide bonds. The van der Waals surface area contributed by atoms with Gasteiger partial charge >= 0.3 is 5.97 Å². The molecule has 3 unspecified atom stereocenters. The van der Waals surface area contributed by atoms with Crippen LogP contribution in [-0.2, 0) is 9.59 Å². The zero-order valence-electron chi connectivity index (χ0n) is 12.5. The van der Waals surface area contributed by atoms with Gasteiger partial charge in [-0.15, -0.1) is 0 Å². The third kappa shape index (κ3) is 3.14. The summed E-state index contributed by atoms with van der Waals surface area (Å²) in [5.74, 6) is -1.51. The number of rotatable bonds is 3. The summed E-state index contributed by atoms with van der Waals surface area (Å²) in [6, 6.07) is 0.365. The Kier molecular flexibility index (Phi) is 5.02. The quantitative estimate of drug-likeness (QED) is 0.850. The number of amides is 1. The second-order valence-electron chi connectivity index (χ2n) is 6.10. The molecule has 20 heavy (non-hydrogen) atoms. The largest absolute Gasteiger partial charge is 0.481 e. The average Bonchev–Trinajstić information content (AvgIpc) is 2.46. The van der Waals surface area contributed by atoms with Crippen LogP contribution in [0, 0.1) is 11.8 Å². The fourth-order valence-corrected chi connectivity index (χ4v) is 3.62. The van der Waals surface area contributed by atoms with Crippen molar-refractivity contribution >= 4 is 11.9 Å². The molecule has 0 spiro atoms. The molecular formula is C15H26N2O3. The van der Waals surface area contributed by atoms with E-state index in [0.29, 0.717) is 12.5 Å². The van der Waals surface area contributed by atoms with Crippen molar-refractivity contribution in [3.8, 4) is 0 Å². The fourth-order valence-electron chi connectivity index (χ4n) is 3.62. The fraction of sp³-hybridized carbons (Fsp3) is 0.867. The van der Waals surface area contributed by atoms with E-state index < -0.39 is 11.9 Å². The van der Waals surface area contributed by atoms with Gasteiger partial charge in [-0.2, -0.15) is 0 Å². The maximum Gasteiger partial charge on any atom is 0.307 e. The van der Waals surface area contributed by atoms with Crippen molar-refractivity contribution in [1.82, 2.24) is 9.80 Å². The number of piperazine rings is 1. The zero-order valence-corrected chi connectivity index (χ0v) is 12.5. The number of hydrogen-bond donors (Lipinski definition) is 1. The van der Waals surface area contributed by atoms with Crippen LogP contribution in [0.4, 0.5) is 0 Å². The predicted octanol–water partition coefficient (Wildman–Crippen LogP) is 1.43. The Labute approximate surface area is 120 Å². The van der Waals surface area contributed by atoms with Crippen molar-refractivity contribution in [2.45, 2.75) is 45.6 Å². The molecule has 3 atom stereocenters. The van der Waals surface area contributed by atoms with Gasteiger partial charge in [-0.05, 0) is 26.3 Å². The highest BCUT2D eigenvalue weighted by Gasteiger charge is 2.39. The van der Waals surface area contributed by atoms with Gasteiger partial charge in [0.25, 0.3) is 0 Å². The number of hydrogen-bond acceptors (Lipinski definition) is 3. The van der Waals surface area contributed by atoms with Crippen molar-refractivity contribution in [1.29, 1.82) is 0 Å². The van der Waals surface area contributed by atoms with Gasteiger partial charge in [0, 0.05) is 25.7 Å². The molecule has 2 rings (SSSR count). The summed E-state index contributed by atoms with van der Waals surface area (Å²) in [5, 5.41) is 9.31. The Morgan fingerprint density at radius 3 is 2.35 bits per heavy atom. The molecule has 5 nitrogen and oxygen atoms in total. The minimum Gasteiger partial charge on any atom is -0.481 e. The molecule has 1 saturated heterocycles. The number of carbonyl (C=O) groups is 2. The summed E-state index contributed by atoms with van der Waals surface area (Å²) >= 11 is 0. The second kappa shape index (κ2) is 6.57. The summed E-state index contributed by atoms with van der Waals surface area (Å²) in [5.41, 5.74) is 0. The number of likely N-dealkylation sites (N-methyl/N-ethyl adjacent to an activating group) is 1. The van der Waals surface area contributed by atoms with E-state index in [1.807, 2.05) is 4.90 Å². The molecule has 114 valence electrons. The normalized spacial score (nSPS) is 32.1.